The lowest BCUT2D eigenvalue weighted by Crippen LogP contribution is -2.14. The Bertz CT molecular complexity index is 750. The van der Waals surface area contributed by atoms with Gasteiger partial charge in [0.2, 0.25) is 0 Å². The molecule has 5 nitrogen and oxygen atoms in total. The second-order valence-electron chi connectivity index (χ2n) is 4.55. The first kappa shape index (κ1) is 16.3. The quantitative estimate of drug-likeness (QED) is 0.505. The number of amides is 1. The summed E-state index contributed by atoms with van der Waals surface area (Å²) in [6.07, 6.45) is 1.84. The number of aryl methyl sites for hydroxylation is 1. The minimum Gasteiger partial charge on any atom is -0.322 e. The van der Waals surface area contributed by atoms with Crippen LogP contribution in [-0.4, -0.2) is 17.1 Å². The molecule has 2 aromatic rings. The molecule has 0 bridgehead atoms. The number of thioether (sulfide) groups is 1. The predicted octanol–water partition coefficient (Wildman–Crippen LogP) is 4.53. The number of nitro groups is 1. The molecule has 0 aliphatic rings. The monoisotopic (exact) mass is 336 g/mol. The molecule has 0 aliphatic heterocycles. The highest BCUT2D eigenvalue weighted by atomic mass is 35.5. The molecular formula is C15H13ClN2O3S. The van der Waals surface area contributed by atoms with E-state index < -0.39 is 10.8 Å². The Morgan fingerprint density at radius 3 is 2.59 bits per heavy atom. The summed E-state index contributed by atoms with van der Waals surface area (Å²) in [4.78, 5) is 23.7. The van der Waals surface area contributed by atoms with Gasteiger partial charge in [-0.2, -0.15) is 0 Å². The molecule has 0 atom stereocenters. The van der Waals surface area contributed by atoms with E-state index in [1.807, 2.05) is 6.26 Å². The molecule has 0 radical (unpaired) electrons. The highest BCUT2D eigenvalue weighted by Crippen LogP contribution is 2.26. The van der Waals surface area contributed by atoms with Crippen molar-refractivity contribution in [2.24, 2.45) is 0 Å². The van der Waals surface area contributed by atoms with E-state index in [4.69, 9.17) is 11.6 Å². The van der Waals surface area contributed by atoms with Crippen LogP contribution in [0.1, 0.15) is 15.9 Å². The van der Waals surface area contributed by atoms with E-state index in [-0.39, 0.29) is 11.3 Å². The Hall–Kier alpha value is -2.05. The topological polar surface area (TPSA) is 72.2 Å². The summed E-state index contributed by atoms with van der Waals surface area (Å²) < 4.78 is 0. The van der Waals surface area contributed by atoms with E-state index >= 15 is 0 Å². The number of rotatable bonds is 4. The molecule has 0 unspecified atom stereocenters. The third-order valence-electron chi connectivity index (χ3n) is 3.08. The van der Waals surface area contributed by atoms with Crippen LogP contribution in [0.2, 0.25) is 5.02 Å². The first-order valence-corrected chi connectivity index (χ1v) is 7.92. The molecule has 0 spiro atoms. The molecule has 2 rings (SSSR count). The predicted molar refractivity (Wildman–Crippen MR) is 89.0 cm³/mol. The lowest BCUT2D eigenvalue weighted by atomic mass is 10.1. The normalized spacial score (nSPS) is 10.3. The summed E-state index contributed by atoms with van der Waals surface area (Å²) in [5, 5.41) is 14.3. The molecule has 7 heteroatoms. The van der Waals surface area contributed by atoms with Crippen LogP contribution in [0, 0.1) is 17.0 Å². The van der Waals surface area contributed by atoms with Crippen LogP contribution in [0.15, 0.2) is 41.3 Å². The zero-order valence-corrected chi connectivity index (χ0v) is 13.5. The van der Waals surface area contributed by atoms with E-state index in [9.17, 15) is 14.9 Å². The largest absolute Gasteiger partial charge is 0.322 e. The maximum Gasteiger partial charge on any atom is 0.282 e. The van der Waals surface area contributed by atoms with Crippen molar-refractivity contribution in [2.45, 2.75) is 11.8 Å². The average molecular weight is 337 g/mol. The first-order valence-electron chi connectivity index (χ1n) is 6.32. The second-order valence-corrected chi connectivity index (χ2v) is 5.87. The molecule has 0 saturated carbocycles. The number of nitro benzene ring substituents is 1. The van der Waals surface area contributed by atoms with Crippen LogP contribution >= 0.6 is 23.4 Å². The van der Waals surface area contributed by atoms with Crippen molar-refractivity contribution in [1.29, 1.82) is 0 Å². The minimum atomic E-state index is -0.562. The number of nitrogens with one attached hydrogen (secondary N) is 1. The summed E-state index contributed by atoms with van der Waals surface area (Å²) in [5.74, 6) is -0.520. The maximum atomic E-state index is 12.4. The van der Waals surface area contributed by atoms with Crippen LogP contribution in [0.5, 0.6) is 0 Å². The van der Waals surface area contributed by atoms with Crippen LogP contribution in [0.4, 0.5) is 11.4 Å². The summed E-state index contributed by atoms with van der Waals surface area (Å²) >= 11 is 7.28. The van der Waals surface area contributed by atoms with E-state index in [1.54, 1.807) is 31.2 Å². The number of nitrogens with zero attached hydrogens (tertiary/aromatic N) is 1. The fraction of sp³-hybridized carbons (Fsp3) is 0.133. The van der Waals surface area contributed by atoms with E-state index in [1.165, 1.54) is 23.9 Å². The van der Waals surface area contributed by atoms with Gasteiger partial charge in [0.15, 0.2) is 0 Å². The second kappa shape index (κ2) is 6.81. The Morgan fingerprint density at radius 1 is 1.27 bits per heavy atom. The van der Waals surface area contributed by atoms with Crippen molar-refractivity contribution in [2.75, 3.05) is 11.6 Å². The van der Waals surface area contributed by atoms with E-state index in [0.717, 1.165) is 10.5 Å². The molecule has 2 aromatic carbocycles. The first-order chi connectivity index (χ1) is 10.4. The van der Waals surface area contributed by atoms with Crippen molar-refractivity contribution in [1.82, 2.24) is 0 Å². The van der Waals surface area contributed by atoms with Gasteiger partial charge in [-0.15, -0.1) is 11.8 Å². The zero-order chi connectivity index (χ0) is 16.3. The Balaban J connectivity index is 2.38. The number of carbonyl (C=O) groups excluding carboxylic acids is 1. The fourth-order valence-corrected chi connectivity index (χ4v) is 2.61. The molecule has 0 saturated heterocycles. The van der Waals surface area contributed by atoms with Gasteiger partial charge in [-0.05, 0) is 49.1 Å². The molecule has 0 fully saturated rings. The molecule has 0 aliphatic carbocycles. The van der Waals surface area contributed by atoms with Crippen molar-refractivity contribution in [3.63, 3.8) is 0 Å². The lowest BCUT2D eigenvalue weighted by molar-refractivity contribution is -0.385. The Kier molecular flexibility index (Phi) is 5.05. The van der Waals surface area contributed by atoms with E-state index in [0.29, 0.717) is 10.7 Å². The van der Waals surface area contributed by atoms with Gasteiger partial charge in [0.25, 0.3) is 11.6 Å². The number of halogens is 1. The third-order valence-corrected chi connectivity index (χ3v) is 4.04. The highest BCUT2D eigenvalue weighted by molar-refractivity contribution is 7.98. The maximum absolute atomic E-state index is 12.4. The molecule has 114 valence electrons. The van der Waals surface area contributed by atoms with E-state index in [2.05, 4.69) is 5.32 Å². The van der Waals surface area contributed by atoms with Crippen LogP contribution in [0.25, 0.3) is 0 Å². The van der Waals surface area contributed by atoms with Gasteiger partial charge in [-0.25, -0.2) is 0 Å². The van der Waals surface area contributed by atoms with Crippen LogP contribution in [-0.2, 0) is 0 Å². The summed E-state index contributed by atoms with van der Waals surface area (Å²) in [6, 6.07) is 9.51. The molecular weight excluding hydrogens is 324 g/mol. The number of carbonyl (C=O) groups is 1. The van der Waals surface area contributed by atoms with Gasteiger partial charge >= 0.3 is 0 Å². The average Bonchev–Trinajstić information content (AvgIpc) is 2.49. The van der Waals surface area contributed by atoms with Crippen LogP contribution in [0.3, 0.4) is 0 Å². The van der Waals surface area contributed by atoms with Crippen molar-refractivity contribution >= 4 is 40.6 Å². The highest BCUT2D eigenvalue weighted by Gasteiger charge is 2.21. The molecule has 1 N–H and O–H groups in total. The summed E-state index contributed by atoms with van der Waals surface area (Å²) in [5.41, 5.74) is 1.16. The standard InChI is InChI=1S/C15H13ClN2O3S/c1-9-7-10(16)3-5-13(9)17-15(19)12-8-11(22-2)4-6-14(12)18(20)21/h3-8H,1-2H3,(H,17,19). The summed E-state index contributed by atoms with van der Waals surface area (Å²) in [7, 11) is 0. The third kappa shape index (κ3) is 3.58. The molecule has 0 aromatic heterocycles. The van der Waals surface area contributed by atoms with Gasteiger partial charge in [0, 0.05) is 21.7 Å². The smallest absolute Gasteiger partial charge is 0.282 e. The molecule has 1 amide bonds. The fourth-order valence-electron chi connectivity index (χ4n) is 1.94. The Morgan fingerprint density at radius 2 is 2.00 bits per heavy atom. The van der Waals surface area contributed by atoms with Crippen molar-refractivity contribution in [3.8, 4) is 0 Å². The lowest BCUT2D eigenvalue weighted by Gasteiger charge is -2.09. The van der Waals surface area contributed by atoms with Crippen molar-refractivity contribution < 1.29 is 9.72 Å². The number of anilines is 1. The minimum absolute atomic E-state index is 0.0335. The van der Waals surface area contributed by atoms with Gasteiger partial charge in [0.05, 0.1) is 4.92 Å². The number of hydrogen-bond donors (Lipinski definition) is 1. The zero-order valence-electron chi connectivity index (χ0n) is 11.9. The van der Waals surface area contributed by atoms with Crippen LogP contribution < -0.4 is 5.32 Å². The molecule has 0 heterocycles. The summed E-state index contributed by atoms with van der Waals surface area (Å²) in [6.45, 7) is 1.80. The number of hydrogen-bond acceptors (Lipinski definition) is 4. The SMILES string of the molecule is CSc1ccc([N+](=O)[O-])c(C(=O)Nc2ccc(Cl)cc2C)c1. The van der Waals surface area contributed by atoms with Gasteiger partial charge < -0.3 is 5.32 Å². The van der Waals surface area contributed by atoms with Gasteiger partial charge in [0.1, 0.15) is 5.56 Å². The van der Waals surface area contributed by atoms with Gasteiger partial charge in [-0.3, -0.25) is 14.9 Å². The van der Waals surface area contributed by atoms with Crippen molar-refractivity contribution in [3.05, 3.63) is 62.7 Å². The Labute approximate surface area is 136 Å². The molecule has 22 heavy (non-hydrogen) atoms. The number of benzene rings is 2. The van der Waals surface area contributed by atoms with Gasteiger partial charge in [-0.1, -0.05) is 11.6 Å².